The van der Waals surface area contributed by atoms with E-state index >= 15 is 0 Å². The van der Waals surface area contributed by atoms with E-state index in [-0.39, 0.29) is 58.9 Å². The Morgan fingerprint density at radius 3 is 2.35 bits per heavy atom. The van der Waals surface area contributed by atoms with Gasteiger partial charge in [-0.3, -0.25) is 4.90 Å². The molecular weight excluding hydrogens is 438 g/mol. The summed E-state index contributed by atoms with van der Waals surface area (Å²) in [6.07, 6.45) is 2.30. The number of rotatable bonds is 7. The maximum absolute atomic E-state index is 13.1. The highest BCUT2D eigenvalue weighted by Crippen LogP contribution is 2.80. The lowest BCUT2D eigenvalue weighted by molar-refractivity contribution is -0.320. The van der Waals surface area contributed by atoms with Crippen molar-refractivity contribution in [2.75, 3.05) is 55.2 Å². The van der Waals surface area contributed by atoms with Gasteiger partial charge in [-0.2, -0.15) is 0 Å². The van der Waals surface area contributed by atoms with Gasteiger partial charge in [0.25, 0.3) is 0 Å². The van der Waals surface area contributed by atoms with Crippen LogP contribution in [0.4, 0.5) is 0 Å². The van der Waals surface area contributed by atoms with E-state index < -0.39 is 17.3 Å². The van der Waals surface area contributed by atoms with Gasteiger partial charge in [0.05, 0.1) is 37.1 Å². The number of methoxy groups -OCH3 is 5. The van der Waals surface area contributed by atoms with Crippen LogP contribution in [0.15, 0.2) is 0 Å². The molecule has 7 bridgehead atoms. The van der Waals surface area contributed by atoms with Crippen molar-refractivity contribution < 1.29 is 33.9 Å². The van der Waals surface area contributed by atoms with E-state index in [9.17, 15) is 10.2 Å². The average molecular weight is 482 g/mol. The van der Waals surface area contributed by atoms with Crippen molar-refractivity contribution >= 4 is 0 Å². The first kappa shape index (κ1) is 24.0. The Hall–Kier alpha value is -0.320. The summed E-state index contributed by atoms with van der Waals surface area (Å²) in [5.41, 5.74) is -3.38. The molecule has 1 spiro atoms. The first-order chi connectivity index (χ1) is 16.3. The SMILES string of the molecule is CCN1C[C@]2(COC)CC[C@H](OC)[C@@]34[C@@H]5C[C@H]6[C@H](OC)[C@@H]5[C@](O)(C[C@H]6OC)[C@@](O)([C@@H](OC)[C@H]23)[C@@H]14. The molecule has 6 fully saturated rings. The largest absolute Gasteiger partial charge is 0.386 e. The van der Waals surface area contributed by atoms with Crippen LogP contribution in [-0.4, -0.2) is 112 Å². The molecule has 0 aromatic heterocycles. The lowest BCUT2D eigenvalue weighted by Gasteiger charge is -2.70. The lowest BCUT2D eigenvalue weighted by atomic mass is 9.42. The number of piperidine rings is 1. The van der Waals surface area contributed by atoms with Gasteiger partial charge in [0.1, 0.15) is 11.2 Å². The van der Waals surface area contributed by atoms with Gasteiger partial charge in [0.2, 0.25) is 0 Å². The Labute approximate surface area is 203 Å². The molecule has 5 aliphatic carbocycles. The minimum absolute atomic E-state index is 0.0262. The van der Waals surface area contributed by atoms with Gasteiger partial charge in [0, 0.05) is 77.1 Å². The van der Waals surface area contributed by atoms with Crippen molar-refractivity contribution in [2.45, 2.75) is 74.3 Å². The Kier molecular flexibility index (Phi) is 5.38. The van der Waals surface area contributed by atoms with E-state index in [0.29, 0.717) is 13.0 Å². The molecule has 1 saturated heterocycles. The van der Waals surface area contributed by atoms with Crippen LogP contribution in [0, 0.1) is 34.5 Å². The standard InChI is InChI=1S/C26H43NO7/c1-7-27-12-23(13-30-2)9-8-17(32-4)25-15-10-14-16(31-3)11-24(28,18(15)19(14)33-5)26(29,22(25)27)21(34-6)20(23)25/h14-22,28-29H,7-13H2,1-6H3/t14-,15-,16-,17+,18-,19+,20-,21+,22+,23+,24-,25+,26-/m1/s1. The molecule has 8 nitrogen and oxygen atoms in total. The highest BCUT2D eigenvalue weighted by atomic mass is 16.5. The zero-order valence-electron chi connectivity index (χ0n) is 21.5. The summed E-state index contributed by atoms with van der Waals surface area (Å²) in [6.45, 7) is 4.41. The zero-order valence-corrected chi connectivity index (χ0v) is 21.5. The number of likely N-dealkylation sites (N-methyl/N-ethyl adjacent to an activating group) is 1. The lowest BCUT2D eigenvalue weighted by Crippen LogP contribution is -2.82. The summed E-state index contributed by atoms with van der Waals surface area (Å²) in [4.78, 5) is 2.43. The van der Waals surface area contributed by atoms with Crippen molar-refractivity contribution in [3.05, 3.63) is 0 Å². The molecule has 194 valence electrons. The molecule has 0 aromatic carbocycles. The number of fused-ring (bicyclic) bond motifs is 2. The molecule has 6 aliphatic rings. The molecule has 34 heavy (non-hydrogen) atoms. The summed E-state index contributed by atoms with van der Waals surface area (Å²) < 4.78 is 30.7. The molecule has 13 atom stereocenters. The van der Waals surface area contributed by atoms with Gasteiger partial charge in [-0.25, -0.2) is 0 Å². The monoisotopic (exact) mass is 481 g/mol. The van der Waals surface area contributed by atoms with Crippen LogP contribution in [0.25, 0.3) is 0 Å². The minimum Gasteiger partial charge on any atom is -0.386 e. The highest BCUT2D eigenvalue weighted by molar-refractivity contribution is 5.41. The molecule has 0 unspecified atom stereocenters. The number of ether oxygens (including phenoxy) is 5. The number of hydrogen-bond donors (Lipinski definition) is 2. The van der Waals surface area contributed by atoms with Crippen LogP contribution >= 0.6 is 0 Å². The van der Waals surface area contributed by atoms with Gasteiger partial charge in [-0.1, -0.05) is 6.92 Å². The van der Waals surface area contributed by atoms with Crippen molar-refractivity contribution in [1.82, 2.24) is 4.90 Å². The predicted molar refractivity (Wildman–Crippen MR) is 123 cm³/mol. The molecule has 0 radical (unpaired) electrons. The van der Waals surface area contributed by atoms with Crippen LogP contribution in [0.1, 0.15) is 32.6 Å². The smallest absolute Gasteiger partial charge is 0.136 e. The molecule has 2 N–H and O–H groups in total. The van der Waals surface area contributed by atoms with Crippen molar-refractivity contribution in [3.8, 4) is 0 Å². The van der Waals surface area contributed by atoms with Gasteiger partial charge in [0.15, 0.2) is 0 Å². The van der Waals surface area contributed by atoms with Gasteiger partial charge >= 0.3 is 0 Å². The third kappa shape index (κ3) is 2.27. The fraction of sp³-hybridized carbons (Fsp3) is 1.00. The minimum atomic E-state index is -1.47. The maximum atomic E-state index is 13.1. The van der Waals surface area contributed by atoms with Crippen LogP contribution in [0.2, 0.25) is 0 Å². The van der Waals surface area contributed by atoms with E-state index in [0.717, 1.165) is 32.4 Å². The molecule has 8 heteroatoms. The molecule has 6 rings (SSSR count). The normalized spacial score (nSPS) is 59.5. The summed E-state index contributed by atoms with van der Waals surface area (Å²) in [5.74, 6) is 0.165. The molecule has 1 aliphatic heterocycles. The molecule has 5 saturated carbocycles. The fourth-order valence-corrected chi connectivity index (χ4v) is 11.3. The maximum Gasteiger partial charge on any atom is 0.136 e. The van der Waals surface area contributed by atoms with Gasteiger partial charge < -0.3 is 33.9 Å². The summed E-state index contributed by atoms with van der Waals surface area (Å²) in [7, 11) is 8.77. The van der Waals surface area contributed by atoms with E-state index in [1.807, 2.05) is 7.11 Å². The fourth-order valence-electron chi connectivity index (χ4n) is 11.3. The van der Waals surface area contributed by atoms with E-state index in [1.54, 1.807) is 28.4 Å². The third-order valence-corrected chi connectivity index (χ3v) is 11.7. The van der Waals surface area contributed by atoms with Gasteiger partial charge in [-0.15, -0.1) is 0 Å². The van der Waals surface area contributed by atoms with Gasteiger partial charge in [-0.05, 0) is 31.7 Å². The second-order valence-corrected chi connectivity index (χ2v) is 12.1. The summed E-state index contributed by atoms with van der Waals surface area (Å²) >= 11 is 0. The molecular formula is C26H43NO7. The molecule has 0 amide bonds. The summed E-state index contributed by atoms with van der Waals surface area (Å²) in [6, 6.07) is -0.256. The number of aliphatic hydroxyl groups is 2. The second kappa shape index (κ2) is 7.60. The van der Waals surface area contributed by atoms with Crippen molar-refractivity contribution in [2.24, 2.45) is 34.5 Å². The van der Waals surface area contributed by atoms with Crippen LogP contribution in [0.5, 0.6) is 0 Å². The van der Waals surface area contributed by atoms with Crippen molar-refractivity contribution in [3.63, 3.8) is 0 Å². The first-order valence-electron chi connectivity index (χ1n) is 13.1. The van der Waals surface area contributed by atoms with Crippen LogP contribution < -0.4 is 0 Å². The number of nitrogens with zero attached hydrogens (tertiary/aromatic N) is 1. The third-order valence-electron chi connectivity index (χ3n) is 11.7. The van der Waals surface area contributed by atoms with E-state index in [2.05, 4.69) is 11.8 Å². The van der Waals surface area contributed by atoms with Crippen molar-refractivity contribution in [1.29, 1.82) is 0 Å². The van der Waals surface area contributed by atoms with Crippen LogP contribution in [-0.2, 0) is 23.7 Å². The number of likely N-dealkylation sites (tertiary alicyclic amines) is 1. The topological polar surface area (TPSA) is 89.9 Å². The Bertz CT molecular complexity index is 829. The van der Waals surface area contributed by atoms with Crippen LogP contribution in [0.3, 0.4) is 0 Å². The molecule has 1 heterocycles. The first-order valence-corrected chi connectivity index (χ1v) is 13.1. The summed E-state index contributed by atoms with van der Waals surface area (Å²) in [5, 5.41) is 25.9. The highest BCUT2D eigenvalue weighted by Gasteiger charge is 2.91. The Morgan fingerprint density at radius 1 is 1.00 bits per heavy atom. The Balaban J connectivity index is 1.67. The average Bonchev–Trinajstić information content (AvgIpc) is 3.25. The zero-order chi connectivity index (χ0) is 24.3. The quantitative estimate of drug-likeness (QED) is 0.555. The van der Waals surface area contributed by atoms with E-state index in [1.165, 1.54) is 0 Å². The predicted octanol–water partition coefficient (Wildman–Crippen LogP) is 0.925. The molecule has 0 aromatic rings. The van der Waals surface area contributed by atoms with E-state index in [4.69, 9.17) is 23.7 Å². The second-order valence-electron chi connectivity index (χ2n) is 12.1. The Morgan fingerprint density at radius 2 is 1.76 bits per heavy atom. The number of hydrogen-bond acceptors (Lipinski definition) is 8.